The molecule has 0 saturated carbocycles. The molecule has 19 heavy (non-hydrogen) atoms. The highest BCUT2D eigenvalue weighted by Crippen LogP contribution is 2.22. The van der Waals surface area contributed by atoms with Crippen LogP contribution in [0.5, 0.6) is 0 Å². The largest absolute Gasteiger partial charge is 0.369 e. The lowest BCUT2D eigenvalue weighted by Gasteiger charge is -2.09. The number of halogens is 3. The zero-order chi connectivity index (χ0) is 13.8. The van der Waals surface area contributed by atoms with Gasteiger partial charge >= 0.3 is 0 Å². The molecule has 2 aromatic rings. The predicted octanol–water partition coefficient (Wildman–Crippen LogP) is 4.40. The Morgan fingerprint density at radius 2 is 1.95 bits per heavy atom. The normalized spacial score (nSPS) is 10.5. The van der Waals surface area contributed by atoms with Crippen LogP contribution >= 0.6 is 34.8 Å². The van der Waals surface area contributed by atoms with Crippen molar-refractivity contribution in [2.24, 2.45) is 0 Å². The van der Waals surface area contributed by atoms with Crippen LogP contribution in [0.25, 0.3) is 0 Å². The summed E-state index contributed by atoms with van der Waals surface area (Å²) in [5.41, 5.74) is 1.88. The molecule has 0 fully saturated rings. The summed E-state index contributed by atoms with van der Waals surface area (Å²) >= 11 is 17.9. The number of hydrogen-bond donors (Lipinski definition) is 1. The van der Waals surface area contributed by atoms with Crippen molar-refractivity contribution in [3.63, 3.8) is 0 Å². The van der Waals surface area contributed by atoms with Gasteiger partial charge in [0.25, 0.3) is 0 Å². The first kappa shape index (κ1) is 14.4. The third kappa shape index (κ3) is 3.72. The Labute approximate surface area is 126 Å². The van der Waals surface area contributed by atoms with E-state index in [1.165, 1.54) is 6.33 Å². The molecule has 0 spiro atoms. The number of rotatable bonds is 4. The van der Waals surface area contributed by atoms with Gasteiger partial charge in [-0.15, -0.1) is 0 Å². The van der Waals surface area contributed by atoms with Gasteiger partial charge in [0.2, 0.25) is 0 Å². The second kappa shape index (κ2) is 6.42. The monoisotopic (exact) mass is 315 g/mol. The van der Waals surface area contributed by atoms with E-state index in [2.05, 4.69) is 15.3 Å². The summed E-state index contributed by atoms with van der Waals surface area (Å²) in [6.07, 6.45) is 2.21. The van der Waals surface area contributed by atoms with Gasteiger partial charge in [0.05, 0.1) is 0 Å². The summed E-state index contributed by atoms with van der Waals surface area (Å²) in [5, 5.41) is 4.99. The van der Waals surface area contributed by atoms with Crippen molar-refractivity contribution in [3.05, 3.63) is 50.9 Å². The predicted molar refractivity (Wildman–Crippen MR) is 80.4 cm³/mol. The Morgan fingerprint density at radius 1 is 1.16 bits per heavy atom. The van der Waals surface area contributed by atoms with E-state index >= 15 is 0 Å². The van der Waals surface area contributed by atoms with E-state index in [4.69, 9.17) is 34.8 Å². The van der Waals surface area contributed by atoms with Gasteiger partial charge in [0.15, 0.2) is 0 Å². The fourth-order valence-electron chi connectivity index (χ4n) is 1.65. The molecule has 6 heteroatoms. The van der Waals surface area contributed by atoms with E-state index in [0.29, 0.717) is 21.7 Å². The van der Waals surface area contributed by atoms with Gasteiger partial charge in [-0.3, -0.25) is 0 Å². The molecule has 100 valence electrons. The first-order chi connectivity index (χ1) is 9.08. The fourth-order valence-corrected chi connectivity index (χ4v) is 2.28. The molecular formula is C13H12Cl3N3. The Bertz CT molecular complexity index is 587. The molecule has 0 amide bonds. The summed E-state index contributed by atoms with van der Waals surface area (Å²) < 4.78 is 0. The molecule has 1 aromatic heterocycles. The maximum absolute atomic E-state index is 6.11. The molecule has 0 bridgehead atoms. The summed E-state index contributed by atoms with van der Waals surface area (Å²) in [6, 6.07) is 5.49. The Hall–Kier alpha value is -1.03. The number of hydrogen-bond acceptors (Lipinski definition) is 3. The average molecular weight is 317 g/mol. The minimum atomic E-state index is 0.460. The number of nitrogens with one attached hydrogen (secondary N) is 1. The lowest BCUT2D eigenvalue weighted by atomic mass is 10.1. The second-order valence-corrected chi connectivity index (χ2v) is 5.25. The summed E-state index contributed by atoms with van der Waals surface area (Å²) in [7, 11) is 0. The highest BCUT2D eigenvalue weighted by molar-refractivity contribution is 6.35. The van der Waals surface area contributed by atoms with Crippen LogP contribution in [0.1, 0.15) is 11.1 Å². The van der Waals surface area contributed by atoms with Crippen LogP contribution < -0.4 is 5.32 Å². The molecule has 0 unspecified atom stereocenters. The summed E-state index contributed by atoms with van der Waals surface area (Å²) in [4.78, 5) is 8.05. The second-order valence-electron chi connectivity index (χ2n) is 4.05. The zero-order valence-corrected chi connectivity index (χ0v) is 12.5. The van der Waals surface area contributed by atoms with Gasteiger partial charge in [-0.2, -0.15) is 0 Å². The van der Waals surface area contributed by atoms with Crippen LogP contribution in [0.3, 0.4) is 0 Å². The van der Waals surface area contributed by atoms with Crippen LogP contribution in [0.2, 0.25) is 15.2 Å². The molecule has 1 heterocycles. The molecule has 0 saturated heterocycles. The molecule has 0 aliphatic heterocycles. The SMILES string of the molecule is Cc1c(Cl)ncnc1NCCc1ccc(Cl)cc1Cl. The molecular weight excluding hydrogens is 305 g/mol. The van der Waals surface area contributed by atoms with Crippen molar-refractivity contribution in [2.45, 2.75) is 13.3 Å². The van der Waals surface area contributed by atoms with Gasteiger partial charge in [0, 0.05) is 22.2 Å². The quantitative estimate of drug-likeness (QED) is 0.850. The molecule has 1 aromatic carbocycles. The summed E-state index contributed by atoms with van der Waals surface area (Å²) in [5.74, 6) is 0.741. The van der Waals surface area contributed by atoms with Crippen LogP contribution in [-0.2, 0) is 6.42 Å². The molecule has 1 N–H and O–H groups in total. The minimum Gasteiger partial charge on any atom is -0.369 e. The first-order valence-corrected chi connectivity index (χ1v) is 6.86. The Kier molecular flexibility index (Phi) is 4.86. The van der Waals surface area contributed by atoms with Gasteiger partial charge in [0.1, 0.15) is 17.3 Å². The smallest absolute Gasteiger partial charge is 0.137 e. The van der Waals surface area contributed by atoms with Gasteiger partial charge in [-0.25, -0.2) is 9.97 Å². The van der Waals surface area contributed by atoms with Crippen LogP contribution in [-0.4, -0.2) is 16.5 Å². The van der Waals surface area contributed by atoms with Crippen molar-refractivity contribution in [3.8, 4) is 0 Å². The molecule has 2 rings (SSSR count). The zero-order valence-electron chi connectivity index (χ0n) is 10.3. The van der Waals surface area contributed by atoms with Crippen LogP contribution in [0, 0.1) is 6.92 Å². The van der Waals surface area contributed by atoms with E-state index in [1.54, 1.807) is 6.07 Å². The van der Waals surface area contributed by atoms with Crippen molar-refractivity contribution in [2.75, 3.05) is 11.9 Å². The van der Waals surface area contributed by atoms with Crippen LogP contribution in [0.4, 0.5) is 5.82 Å². The van der Waals surface area contributed by atoms with E-state index in [9.17, 15) is 0 Å². The maximum atomic E-state index is 6.11. The first-order valence-electron chi connectivity index (χ1n) is 5.73. The van der Waals surface area contributed by atoms with Crippen molar-refractivity contribution in [1.82, 2.24) is 9.97 Å². The Morgan fingerprint density at radius 3 is 2.68 bits per heavy atom. The van der Waals surface area contributed by atoms with Crippen LogP contribution in [0.15, 0.2) is 24.5 Å². The molecule has 0 aliphatic rings. The highest BCUT2D eigenvalue weighted by atomic mass is 35.5. The molecule has 3 nitrogen and oxygen atoms in total. The Balaban J connectivity index is 1.98. The summed E-state index contributed by atoms with van der Waals surface area (Å²) in [6.45, 7) is 2.58. The number of aromatic nitrogens is 2. The maximum Gasteiger partial charge on any atom is 0.137 e. The van der Waals surface area contributed by atoms with Crippen molar-refractivity contribution >= 4 is 40.6 Å². The molecule has 0 radical (unpaired) electrons. The topological polar surface area (TPSA) is 37.8 Å². The standard InChI is InChI=1S/C13H12Cl3N3/c1-8-12(16)18-7-19-13(8)17-5-4-9-2-3-10(14)6-11(9)15/h2-3,6-7H,4-5H2,1H3,(H,17,18,19). The minimum absolute atomic E-state index is 0.460. The molecule has 0 atom stereocenters. The third-order valence-electron chi connectivity index (χ3n) is 2.72. The highest BCUT2D eigenvalue weighted by Gasteiger charge is 2.05. The van der Waals surface area contributed by atoms with Crippen molar-refractivity contribution < 1.29 is 0 Å². The number of nitrogens with zero attached hydrogens (tertiary/aromatic N) is 2. The lowest BCUT2D eigenvalue weighted by molar-refractivity contribution is 0.991. The third-order valence-corrected chi connectivity index (χ3v) is 3.69. The van der Waals surface area contributed by atoms with Gasteiger partial charge in [-0.05, 0) is 31.0 Å². The van der Waals surface area contributed by atoms with E-state index < -0.39 is 0 Å². The number of anilines is 1. The van der Waals surface area contributed by atoms with Gasteiger partial charge in [-0.1, -0.05) is 40.9 Å². The van der Waals surface area contributed by atoms with E-state index in [0.717, 1.165) is 23.4 Å². The fraction of sp³-hybridized carbons (Fsp3) is 0.231. The molecule has 0 aliphatic carbocycles. The average Bonchev–Trinajstić information content (AvgIpc) is 2.37. The van der Waals surface area contributed by atoms with E-state index in [1.807, 2.05) is 19.1 Å². The van der Waals surface area contributed by atoms with Crippen molar-refractivity contribution in [1.29, 1.82) is 0 Å². The lowest BCUT2D eigenvalue weighted by Crippen LogP contribution is -2.08. The number of benzene rings is 1. The van der Waals surface area contributed by atoms with E-state index in [-0.39, 0.29) is 0 Å². The van der Waals surface area contributed by atoms with Gasteiger partial charge < -0.3 is 5.32 Å².